The van der Waals surface area contributed by atoms with E-state index < -0.39 is 11.9 Å². The van der Waals surface area contributed by atoms with Crippen molar-refractivity contribution in [1.29, 1.82) is 0 Å². The molecule has 0 fully saturated rings. The second kappa shape index (κ2) is 6.02. The standard InChI is InChI=1S/C14H10O4.ClH/c15-13(16)10-6-4-9(5-7-10)11-2-1-3-12(8-11)14(17)18;/h1-8H,(H,15,16)(H,17,18);1H. The Labute approximate surface area is 115 Å². The second-order valence-electron chi connectivity index (χ2n) is 3.77. The van der Waals surface area contributed by atoms with Gasteiger partial charge in [0.1, 0.15) is 0 Å². The molecular formula is C14H11ClO4. The molecule has 0 radical (unpaired) electrons. The monoisotopic (exact) mass is 278 g/mol. The molecule has 4 nitrogen and oxygen atoms in total. The highest BCUT2D eigenvalue weighted by Gasteiger charge is 2.06. The van der Waals surface area contributed by atoms with E-state index in [1.54, 1.807) is 30.3 Å². The van der Waals surface area contributed by atoms with Crippen LogP contribution in [0.25, 0.3) is 11.1 Å². The fourth-order valence-electron chi connectivity index (χ4n) is 1.64. The average molecular weight is 279 g/mol. The van der Waals surface area contributed by atoms with Gasteiger partial charge in [0.05, 0.1) is 11.1 Å². The van der Waals surface area contributed by atoms with Crippen LogP contribution >= 0.6 is 12.4 Å². The highest BCUT2D eigenvalue weighted by Crippen LogP contribution is 2.21. The lowest BCUT2D eigenvalue weighted by atomic mass is 10.0. The first-order chi connectivity index (χ1) is 8.58. The van der Waals surface area contributed by atoms with E-state index in [4.69, 9.17) is 10.2 Å². The second-order valence-corrected chi connectivity index (χ2v) is 3.77. The Kier molecular flexibility index (Phi) is 4.67. The van der Waals surface area contributed by atoms with Crippen LogP contribution in [0.5, 0.6) is 0 Å². The summed E-state index contributed by atoms with van der Waals surface area (Å²) in [4.78, 5) is 21.6. The van der Waals surface area contributed by atoms with Gasteiger partial charge in [-0.2, -0.15) is 0 Å². The van der Waals surface area contributed by atoms with Gasteiger partial charge in [0.2, 0.25) is 0 Å². The van der Waals surface area contributed by atoms with E-state index in [1.807, 2.05) is 0 Å². The first kappa shape index (κ1) is 14.7. The van der Waals surface area contributed by atoms with Gasteiger partial charge in [0, 0.05) is 0 Å². The number of carboxylic acid groups (broad SMARTS) is 2. The van der Waals surface area contributed by atoms with Crippen molar-refractivity contribution in [3.63, 3.8) is 0 Å². The molecule has 2 aromatic rings. The van der Waals surface area contributed by atoms with Crippen molar-refractivity contribution in [2.75, 3.05) is 0 Å². The number of rotatable bonds is 3. The maximum absolute atomic E-state index is 10.9. The van der Waals surface area contributed by atoms with E-state index in [1.165, 1.54) is 18.2 Å². The molecule has 0 bridgehead atoms. The van der Waals surface area contributed by atoms with Gasteiger partial charge < -0.3 is 10.2 Å². The number of carboxylic acids is 2. The Morgan fingerprint density at radius 1 is 0.737 bits per heavy atom. The summed E-state index contributed by atoms with van der Waals surface area (Å²) in [5, 5.41) is 17.7. The third-order valence-electron chi connectivity index (χ3n) is 2.57. The lowest BCUT2D eigenvalue weighted by molar-refractivity contribution is 0.0686. The largest absolute Gasteiger partial charge is 0.478 e. The lowest BCUT2D eigenvalue weighted by Gasteiger charge is -2.03. The fraction of sp³-hybridized carbons (Fsp3) is 0. The quantitative estimate of drug-likeness (QED) is 0.904. The molecule has 0 amide bonds. The highest BCUT2D eigenvalue weighted by atomic mass is 35.5. The van der Waals surface area contributed by atoms with Gasteiger partial charge in [-0.05, 0) is 35.4 Å². The van der Waals surface area contributed by atoms with Crippen LogP contribution in [-0.4, -0.2) is 22.2 Å². The predicted octanol–water partition coefficient (Wildman–Crippen LogP) is 3.17. The maximum Gasteiger partial charge on any atom is 0.335 e. The van der Waals surface area contributed by atoms with Gasteiger partial charge in [-0.25, -0.2) is 9.59 Å². The van der Waals surface area contributed by atoms with Crippen LogP contribution in [-0.2, 0) is 0 Å². The van der Waals surface area contributed by atoms with E-state index in [9.17, 15) is 9.59 Å². The number of hydrogen-bond acceptors (Lipinski definition) is 2. The highest BCUT2D eigenvalue weighted by molar-refractivity contribution is 5.90. The van der Waals surface area contributed by atoms with E-state index in [2.05, 4.69) is 0 Å². The van der Waals surface area contributed by atoms with Crippen LogP contribution in [0.3, 0.4) is 0 Å². The maximum atomic E-state index is 10.9. The first-order valence-electron chi connectivity index (χ1n) is 5.25. The van der Waals surface area contributed by atoms with Crippen LogP contribution in [0.2, 0.25) is 0 Å². The summed E-state index contributed by atoms with van der Waals surface area (Å²) in [6.07, 6.45) is 0. The summed E-state index contributed by atoms with van der Waals surface area (Å²) in [6, 6.07) is 12.8. The average Bonchev–Trinajstić information content (AvgIpc) is 2.39. The zero-order chi connectivity index (χ0) is 13.1. The van der Waals surface area contributed by atoms with E-state index in [-0.39, 0.29) is 23.5 Å². The van der Waals surface area contributed by atoms with Gasteiger partial charge in [-0.3, -0.25) is 0 Å². The molecular weight excluding hydrogens is 268 g/mol. The van der Waals surface area contributed by atoms with Crippen molar-refractivity contribution >= 4 is 24.3 Å². The fourth-order valence-corrected chi connectivity index (χ4v) is 1.64. The molecule has 19 heavy (non-hydrogen) atoms. The Bertz CT molecular complexity index is 605. The Morgan fingerprint density at radius 3 is 1.84 bits per heavy atom. The van der Waals surface area contributed by atoms with Gasteiger partial charge in [-0.1, -0.05) is 24.3 Å². The summed E-state index contributed by atoms with van der Waals surface area (Å²) in [7, 11) is 0. The van der Waals surface area contributed by atoms with Crippen LogP contribution in [0.4, 0.5) is 0 Å². The summed E-state index contributed by atoms with van der Waals surface area (Å²) in [5.74, 6) is -1.97. The molecule has 0 unspecified atom stereocenters. The predicted molar refractivity (Wildman–Crippen MR) is 73.0 cm³/mol. The third kappa shape index (κ3) is 3.33. The number of benzene rings is 2. The van der Waals surface area contributed by atoms with Gasteiger partial charge in [0.25, 0.3) is 0 Å². The van der Waals surface area contributed by atoms with E-state index >= 15 is 0 Å². The molecule has 5 heteroatoms. The van der Waals surface area contributed by atoms with Gasteiger partial charge >= 0.3 is 11.9 Å². The Balaban J connectivity index is 0.00000180. The SMILES string of the molecule is Cl.O=C(O)c1ccc(-c2cccc(C(=O)O)c2)cc1. The van der Waals surface area contributed by atoms with Gasteiger partial charge in [0.15, 0.2) is 0 Å². The third-order valence-corrected chi connectivity index (χ3v) is 2.57. The number of halogens is 1. The van der Waals surface area contributed by atoms with Crippen molar-refractivity contribution < 1.29 is 19.8 Å². The van der Waals surface area contributed by atoms with Crippen molar-refractivity contribution in [2.45, 2.75) is 0 Å². The minimum Gasteiger partial charge on any atom is -0.478 e. The lowest BCUT2D eigenvalue weighted by Crippen LogP contribution is -1.96. The van der Waals surface area contributed by atoms with E-state index in [0.29, 0.717) is 0 Å². The Morgan fingerprint density at radius 2 is 1.32 bits per heavy atom. The van der Waals surface area contributed by atoms with Gasteiger partial charge in [-0.15, -0.1) is 12.4 Å². The summed E-state index contributed by atoms with van der Waals surface area (Å²) >= 11 is 0. The van der Waals surface area contributed by atoms with Crippen molar-refractivity contribution in [3.05, 3.63) is 59.7 Å². The molecule has 0 aliphatic carbocycles. The molecule has 0 saturated carbocycles. The summed E-state index contributed by atoms with van der Waals surface area (Å²) in [6.45, 7) is 0. The van der Waals surface area contributed by atoms with Crippen molar-refractivity contribution in [3.8, 4) is 11.1 Å². The molecule has 0 saturated heterocycles. The molecule has 0 aliphatic rings. The van der Waals surface area contributed by atoms with Crippen LogP contribution in [0, 0.1) is 0 Å². The van der Waals surface area contributed by atoms with E-state index in [0.717, 1.165) is 11.1 Å². The molecule has 0 heterocycles. The van der Waals surface area contributed by atoms with Crippen molar-refractivity contribution in [2.24, 2.45) is 0 Å². The number of aromatic carboxylic acids is 2. The zero-order valence-electron chi connectivity index (χ0n) is 9.74. The normalized spacial score (nSPS) is 9.47. The van der Waals surface area contributed by atoms with Crippen LogP contribution in [0.15, 0.2) is 48.5 Å². The topological polar surface area (TPSA) is 74.6 Å². The molecule has 98 valence electrons. The molecule has 2 rings (SSSR count). The molecule has 0 spiro atoms. The molecule has 0 aromatic heterocycles. The molecule has 2 N–H and O–H groups in total. The minimum atomic E-state index is -0.987. The molecule has 0 aliphatic heterocycles. The smallest absolute Gasteiger partial charge is 0.335 e. The number of carbonyl (C=O) groups is 2. The summed E-state index contributed by atoms with van der Waals surface area (Å²) < 4.78 is 0. The summed E-state index contributed by atoms with van der Waals surface area (Å²) in [5.41, 5.74) is 1.93. The molecule has 2 aromatic carbocycles. The van der Waals surface area contributed by atoms with Crippen LogP contribution in [0.1, 0.15) is 20.7 Å². The van der Waals surface area contributed by atoms with Crippen molar-refractivity contribution in [1.82, 2.24) is 0 Å². The Hall–Kier alpha value is -2.33. The first-order valence-corrected chi connectivity index (χ1v) is 5.25. The van der Waals surface area contributed by atoms with Crippen LogP contribution < -0.4 is 0 Å². The minimum absolute atomic E-state index is 0. The zero-order valence-corrected chi connectivity index (χ0v) is 10.6. The number of hydrogen-bond donors (Lipinski definition) is 2. The molecule has 0 atom stereocenters.